The molecule has 0 heterocycles. The summed E-state index contributed by atoms with van der Waals surface area (Å²) >= 11 is 0. The van der Waals surface area contributed by atoms with Crippen molar-refractivity contribution >= 4 is 5.69 Å². The molecule has 0 spiro atoms. The average Bonchev–Trinajstić information content (AvgIpc) is 2.35. The Labute approximate surface area is 113 Å². The van der Waals surface area contributed by atoms with E-state index in [1.165, 1.54) is 0 Å². The number of phenolic OH excluding ortho intramolecular Hbond substituents is 2. The first-order chi connectivity index (χ1) is 8.82. The molecule has 19 heavy (non-hydrogen) atoms. The second-order valence-electron chi connectivity index (χ2n) is 5.40. The van der Waals surface area contributed by atoms with Gasteiger partial charge in [0.05, 0.1) is 5.69 Å². The molecule has 0 aliphatic heterocycles. The Bertz CT molecular complexity index is 565. The van der Waals surface area contributed by atoms with Gasteiger partial charge in [-0.2, -0.15) is 0 Å². The number of aryl methyl sites for hydroxylation is 1. The summed E-state index contributed by atoms with van der Waals surface area (Å²) in [5.41, 5.74) is 8.66. The van der Waals surface area contributed by atoms with Crippen molar-refractivity contribution in [3.8, 4) is 11.5 Å². The van der Waals surface area contributed by atoms with Crippen molar-refractivity contribution in [3.63, 3.8) is 0 Å². The Kier molecular flexibility index (Phi) is 3.14. The standard InChI is InChI=1S/C16H19NO2/c1-10-4-5-12(9-15(10)19)16(2,3)11-6-7-14(18)13(17)8-11/h4-9,18-19H,17H2,1-3H3. The molecule has 3 nitrogen and oxygen atoms in total. The molecule has 0 amide bonds. The van der Waals surface area contributed by atoms with E-state index in [1.54, 1.807) is 18.2 Å². The molecule has 0 aliphatic rings. The second-order valence-corrected chi connectivity index (χ2v) is 5.40. The average molecular weight is 257 g/mol. The minimum Gasteiger partial charge on any atom is -0.508 e. The summed E-state index contributed by atoms with van der Waals surface area (Å²) in [7, 11) is 0. The van der Waals surface area contributed by atoms with E-state index in [1.807, 2.05) is 25.1 Å². The van der Waals surface area contributed by atoms with Crippen molar-refractivity contribution in [2.75, 3.05) is 5.73 Å². The van der Waals surface area contributed by atoms with E-state index in [-0.39, 0.29) is 16.9 Å². The molecule has 0 aliphatic carbocycles. The molecule has 2 aromatic carbocycles. The molecule has 2 rings (SSSR count). The van der Waals surface area contributed by atoms with Crippen LogP contribution in [-0.4, -0.2) is 10.2 Å². The van der Waals surface area contributed by atoms with Gasteiger partial charge in [0.2, 0.25) is 0 Å². The predicted molar refractivity (Wildman–Crippen MR) is 77.5 cm³/mol. The molecule has 3 heteroatoms. The number of hydrogen-bond donors (Lipinski definition) is 3. The van der Waals surface area contributed by atoms with E-state index in [2.05, 4.69) is 13.8 Å². The number of aromatic hydroxyl groups is 2. The highest BCUT2D eigenvalue weighted by molar-refractivity contribution is 5.56. The number of nitrogen functional groups attached to an aromatic ring is 1. The maximum absolute atomic E-state index is 9.84. The minimum absolute atomic E-state index is 0.0892. The fraction of sp³-hybridized carbons (Fsp3) is 0.250. The lowest BCUT2D eigenvalue weighted by atomic mass is 9.77. The first-order valence-corrected chi connectivity index (χ1v) is 6.21. The highest BCUT2D eigenvalue weighted by Crippen LogP contribution is 2.36. The summed E-state index contributed by atoms with van der Waals surface area (Å²) in [4.78, 5) is 0. The van der Waals surface area contributed by atoms with Crippen LogP contribution in [0.4, 0.5) is 5.69 Å². The van der Waals surface area contributed by atoms with Gasteiger partial charge in [0.1, 0.15) is 11.5 Å². The minimum atomic E-state index is -0.299. The highest BCUT2D eigenvalue weighted by Gasteiger charge is 2.24. The molecule has 100 valence electrons. The van der Waals surface area contributed by atoms with Gasteiger partial charge in [0.25, 0.3) is 0 Å². The van der Waals surface area contributed by atoms with E-state index in [0.717, 1.165) is 16.7 Å². The summed E-state index contributed by atoms with van der Waals surface area (Å²) in [6.45, 7) is 5.98. The van der Waals surface area contributed by atoms with Crippen molar-refractivity contribution in [1.29, 1.82) is 0 Å². The van der Waals surface area contributed by atoms with Crippen LogP contribution in [0.25, 0.3) is 0 Å². The Balaban J connectivity index is 2.51. The second kappa shape index (κ2) is 4.50. The lowest BCUT2D eigenvalue weighted by Gasteiger charge is -2.27. The Hall–Kier alpha value is -2.16. The van der Waals surface area contributed by atoms with Crippen LogP contribution in [-0.2, 0) is 5.41 Å². The van der Waals surface area contributed by atoms with Gasteiger partial charge in [-0.05, 0) is 41.8 Å². The lowest BCUT2D eigenvalue weighted by molar-refractivity contribution is 0.467. The normalized spacial score (nSPS) is 11.5. The topological polar surface area (TPSA) is 66.5 Å². The number of rotatable bonds is 2. The van der Waals surface area contributed by atoms with Crippen LogP contribution in [0.2, 0.25) is 0 Å². The predicted octanol–water partition coefficient (Wildman–Crippen LogP) is 3.31. The zero-order chi connectivity index (χ0) is 14.2. The van der Waals surface area contributed by atoms with Crippen LogP contribution in [0.3, 0.4) is 0 Å². The molecule has 0 radical (unpaired) electrons. The van der Waals surface area contributed by atoms with E-state index in [9.17, 15) is 10.2 Å². The Morgan fingerprint density at radius 2 is 1.47 bits per heavy atom. The van der Waals surface area contributed by atoms with E-state index >= 15 is 0 Å². The zero-order valence-corrected chi connectivity index (χ0v) is 11.4. The first-order valence-electron chi connectivity index (χ1n) is 6.21. The summed E-state index contributed by atoms with van der Waals surface area (Å²) < 4.78 is 0. The van der Waals surface area contributed by atoms with Gasteiger partial charge in [-0.3, -0.25) is 0 Å². The van der Waals surface area contributed by atoms with E-state index in [0.29, 0.717) is 5.69 Å². The van der Waals surface area contributed by atoms with E-state index < -0.39 is 0 Å². The van der Waals surface area contributed by atoms with Gasteiger partial charge >= 0.3 is 0 Å². The summed E-state index contributed by atoms with van der Waals surface area (Å²) in [6, 6.07) is 10.9. The number of phenols is 2. The third kappa shape index (κ3) is 2.36. The van der Waals surface area contributed by atoms with Crippen LogP contribution in [0.15, 0.2) is 36.4 Å². The number of hydrogen-bond acceptors (Lipinski definition) is 3. The third-order valence-electron chi connectivity index (χ3n) is 3.68. The zero-order valence-electron chi connectivity index (χ0n) is 11.4. The molecule has 0 fully saturated rings. The molecule has 0 bridgehead atoms. The number of anilines is 1. The van der Waals surface area contributed by atoms with Gasteiger partial charge in [0, 0.05) is 5.41 Å². The lowest BCUT2D eigenvalue weighted by Crippen LogP contribution is -2.19. The molecule has 0 atom stereocenters. The molecular formula is C16H19NO2. The number of nitrogens with two attached hydrogens (primary N) is 1. The SMILES string of the molecule is Cc1ccc(C(C)(C)c2ccc(O)c(N)c2)cc1O. The summed E-state index contributed by atoms with van der Waals surface area (Å²) in [5.74, 6) is 0.378. The van der Waals surface area contributed by atoms with Crippen LogP contribution in [0, 0.1) is 6.92 Å². The van der Waals surface area contributed by atoms with Gasteiger partial charge in [-0.25, -0.2) is 0 Å². The Morgan fingerprint density at radius 1 is 0.895 bits per heavy atom. The van der Waals surface area contributed by atoms with Gasteiger partial charge in [0.15, 0.2) is 0 Å². The van der Waals surface area contributed by atoms with Gasteiger partial charge in [-0.1, -0.05) is 32.0 Å². The quantitative estimate of drug-likeness (QED) is 0.571. The summed E-state index contributed by atoms with van der Waals surface area (Å²) in [6.07, 6.45) is 0. The van der Waals surface area contributed by atoms with Crippen molar-refractivity contribution in [2.24, 2.45) is 0 Å². The van der Waals surface area contributed by atoms with Crippen LogP contribution < -0.4 is 5.73 Å². The van der Waals surface area contributed by atoms with Crippen molar-refractivity contribution in [2.45, 2.75) is 26.2 Å². The van der Waals surface area contributed by atoms with Gasteiger partial charge < -0.3 is 15.9 Å². The molecule has 0 saturated carbocycles. The van der Waals surface area contributed by atoms with Crippen LogP contribution >= 0.6 is 0 Å². The molecule has 0 aromatic heterocycles. The summed E-state index contributed by atoms with van der Waals surface area (Å²) in [5, 5.41) is 19.3. The fourth-order valence-electron chi connectivity index (χ4n) is 2.11. The molecule has 0 unspecified atom stereocenters. The van der Waals surface area contributed by atoms with Crippen molar-refractivity contribution < 1.29 is 10.2 Å². The fourth-order valence-corrected chi connectivity index (χ4v) is 2.11. The maximum Gasteiger partial charge on any atom is 0.138 e. The van der Waals surface area contributed by atoms with Gasteiger partial charge in [-0.15, -0.1) is 0 Å². The largest absolute Gasteiger partial charge is 0.508 e. The Morgan fingerprint density at radius 3 is 2.05 bits per heavy atom. The highest BCUT2D eigenvalue weighted by atomic mass is 16.3. The van der Waals surface area contributed by atoms with Crippen molar-refractivity contribution in [3.05, 3.63) is 53.1 Å². The number of benzene rings is 2. The molecular weight excluding hydrogens is 238 g/mol. The molecule has 2 aromatic rings. The first kappa shape index (κ1) is 13.3. The maximum atomic E-state index is 9.84. The van der Waals surface area contributed by atoms with Crippen LogP contribution in [0.1, 0.15) is 30.5 Å². The molecule has 0 saturated heterocycles. The van der Waals surface area contributed by atoms with E-state index in [4.69, 9.17) is 5.73 Å². The smallest absolute Gasteiger partial charge is 0.138 e. The molecule has 4 N–H and O–H groups in total. The monoisotopic (exact) mass is 257 g/mol. The van der Waals surface area contributed by atoms with Crippen LogP contribution in [0.5, 0.6) is 11.5 Å². The van der Waals surface area contributed by atoms with Crippen molar-refractivity contribution in [1.82, 2.24) is 0 Å². The third-order valence-corrected chi connectivity index (χ3v) is 3.68.